The third-order valence-electron chi connectivity index (χ3n) is 3.25. The minimum Gasteiger partial charge on any atom is -0.385 e. The fourth-order valence-electron chi connectivity index (χ4n) is 2.20. The van der Waals surface area contributed by atoms with E-state index in [1.165, 1.54) is 12.8 Å². The Hall–Kier alpha value is -0.610. The van der Waals surface area contributed by atoms with Crippen LogP contribution in [0.3, 0.4) is 0 Å². The molecule has 1 aliphatic carbocycles. The first-order valence-corrected chi connectivity index (χ1v) is 6.21. The smallest absolute Gasteiger partial charge is 0.220 e. The molecule has 0 atom stereocenters. The average Bonchev–Trinajstić information content (AvgIpc) is 2.30. The summed E-state index contributed by atoms with van der Waals surface area (Å²) in [5, 5.41) is 6.39. The van der Waals surface area contributed by atoms with Crippen LogP contribution in [0.15, 0.2) is 0 Å². The van der Waals surface area contributed by atoms with E-state index in [0.29, 0.717) is 25.1 Å². The maximum Gasteiger partial charge on any atom is 0.220 e. The van der Waals surface area contributed by atoms with Crippen LogP contribution >= 0.6 is 0 Å². The van der Waals surface area contributed by atoms with Crippen LogP contribution in [0.2, 0.25) is 0 Å². The van der Waals surface area contributed by atoms with Gasteiger partial charge in [-0.2, -0.15) is 0 Å². The van der Waals surface area contributed by atoms with E-state index >= 15 is 0 Å². The fourth-order valence-corrected chi connectivity index (χ4v) is 2.20. The molecule has 0 heterocycles. The second-order valence-electron chi connectivity index (χ2n) is 4.50. The van der Waals surface area contributed by atoms with Crippen molar-refractivity contribution in [1.82, 2.24) is 10.6 Å². The molecule has 1 amide bonds. The highest BCUT2D eigenvalue weighted by Crippen LogP contribution is 2.18. The Bertz CT molecular complexity index is 201. The lowest BCUT2D eigenvalue weighted by Gasteiger charge is -2.28. The van der Waals surface area contributed by atoms with Crippen molar-refractivity contribution in [3.05, 3.63) is 0 Å². The standard InChI is InChI=1S/C12H24N2O2/c1-13-10-5-7-11(8-6-10)14-12(15)4-3-9-16-2/h10-11,13H,3-9H2,1-2H3,(H,14,15). The monoisotopic (exact) mass is 228 g/mol. The summed E-state index contributed by atoms with van der Waals surface area (Å²) in [5.41, 5.74) is 0. The van der Waals surface area contributed by atoms with Crippen LogP contribution in [0.1, 0.15) is 38.5 Å². The molecule has 94 valence electrons. The highest BCUT2D eigenvalue weighted by Gasteiger charge is 2.20. The quantitative estimate of drug-likeness (QED) is 0.668. The molecule has 0 saturated heterocycles. The van der Waals surface area contributed by atoms with Crippen molar-refractivity contribution in [2.45, 2.75) is 50.6 Å². The van der Waals surface area contributed by atoms with Crippen molar-refractivity contribution in [1.29, 1.82) is 0 Å². The molecule has 4 heteroatoms. The number of ether oxygens (including phenoxy) is 1. The van der Waals surface area contributed by atoms with Gasteiger partial charge in [0.2, 0.25) is 5.91 Å². The van der Waals surface area contributed by atoms with Crippen LogP contribution in [-0.2, 0) is 9.53 Å². The number of methoxy groups -OCH3 is 1. The maximum absolute atomic E-state index is 11.6. The third-order valence-corrected chi connectivity index (χ3v) is 3.25. The number of hydrogen-bond acceptors (Lipinski definition) is 3. The number of rotatable bonds is 6. The van der Waals surface area contributed by atoms with Gasteiger partial charge in [-0.3, -0.25) is 4.79 Å². The summed E-state index contributed by atoms with van der Waals surface area (Å²) in [6.45, 7) is 0.667. The first-order valence-electron chi connectivity index (χ1n) is 6.21. The van der Waals surface area contributed by atoms with Crippen LogP contribution in [0.4, 0.5) is 0 Å². The molecule has 4 nitrogen and oxygen atoms in total. The van der Waals surface area contributed by atoms with Gasteiger partial charge < -0.3 is 15.4 Å². The van der Waals surface area contributed by atoms with Crippen molar-refractivity contribution in [2.24, 2.45) is 0 Å². The van der Waals surface area contributed by atoms with Gasteiger partial charge in [-0.15, -0.1) is 0 Å². The average molecular weight is 228 g/mol. The summed E-state index contributed by atoms with van der Waals surface area (Å²) in [5.74, 6) is 0.171. The molecule has 1 fully saturated rings. The lowest BCUT2D eigenvalue weighted by Crippen LogP contribution is -2.41. The number of carbonyl (C=O) groups excluding carboxylic acids is 1. The van der Waals surface area contributed by atoms with Gasteiger partial charge in [0.25, 0.3) is 0 Å². The van der Waals surface area contributed by atoms with Gasteiger partial charge in [0.15, 0.2) is 0 Å². The van der Waals surface area contributed by atoms with E-state index in [0.717, 1.165) is 19.3 Å². The van der Waals surface area contributed by atoms with Crippen LogP contribution in [0.5, 0.6) is 0 Å². The van der Waals surface area contributed by atoms with Gasteiger partial charge in [-0.25, -0.2) is 0 Å². The molecule has 0 bridgehead atoms. The van der Waals surface area contributed by atoms with Crippen LogP contribution in [0.25, 0.3) is 0 Å². The van der Waals surface area contributed by atoms with Gasteiger partial charge in [-0.05, 0) is 39.2 Å². The number of hydrogen-bond donors (Lipinski definition) is 2. The molecule has 0 aromatic heterocycles. The topological polar surface area (TPSA) is 50.4 Å². The zero-order valence-electron chi connectivity index (χ0n) is 10.4. The van der Waals surface area contributed by atoms with Crippen molar-refractivity contribution in [3.8, 4) is 0 Å². The van der Waals surface area contributed by atoms with Crippen molar-refractivity contribution in [2.75, 3.05) is 20.8 Å². The minimum absolute atomic E-state index is 0.171. The molecule has 16 heavy (non-hydrogen) atoms. The minimum atomic E-state index is 0.171. The van der Waals surface area contributed by atoms with Gasteiger partial charge in [0.05, 0.1) is 0 Å². The molecule has 0 aromatic carbocycles. The van der Waals surface area contributed by atoms with E-state index in [1.54, 1.807) is 7.11 Å². The third kappa shape index (κ3) is 4.94. The van der Waals surface area contributed by atoms with Crippen LogP contribution < -0.4 is 10.6 Å². The molecular weight excluding hydrogens is 204 g/mol. The molecule has 2 N–H and O–H groups in total. The highest BCUT2D eigenvalue weighted by molar-refractivity contribution is 5.76. The molecule has 1 rings (SSSR count). The van der Waals surface area contributed by atoms with Crippen molar-refractivity contribution < 1.29 is 9.53 Å². The summed E-state index contributed by atoms with van der Waals surface area (Å²) < 4.78 is 4.92. The highest BCUT2D eigenvalue weighted by atomic mass is 16.5. The number of carbonyl (C=O) groups is 1. The first kappa shape index (κ1) is 13.5. The van der Waals surface area contributed by atoms with E-state index in [2.05, 4.69) is 10.6 Å². The summed E-state index contributed by atoms with van der Waals surface area (Å²) in [7, 11) is 3.67. The predicted molar refractivity (Wildman–Crippen MR) is 64.4 cm³/mol. The van der Waals surface area contributed by atoms with E-state index in [4.69, 9.17) is 4.74 Å². The Morgan fingerprint density at radius 1 is 1.25 bits per heavy atom. The molecular formula is C12H24N2O2. The van der Waals surface area contributed by atoms with Crippen LogP contribution in [0, 0.1) is 0 Å². The zero-order chi connectivity index (χ0) is 11.8. The van der Waals surface area contributed by atoms with Crippen molar-refractivity contribution in [3.63, 3.8) is 0 Å². The fraction of sp³-hybridized carbons (Fsp3) is 0.917. The predicted octanol–water partition coefficient (Wildman–Crippen LogP) is 1.06. The Kier molecular flexibility index (Phi) is 6.42. The van der Waals surface area contributed by atoms with E-state index in [-0.39, 0.29) is 5.91 Å². The molecule has 0 aliphatic heterocycles. The molecule has 0 radical (unpaired) electrons. The lowest BCUT2D eigenvalue weighted by molar-refractivity contribution is -0.122. The molecule has 0 aromatic rings. The molecule has 1 saturated carbocycles. The Morgan fingerprint density at radius 2 is 1.88 bits per heavy atom. The molecule has 0 spiro atoms. The van der Waals surface area contributed by atoms with Gasteiger partial charge in [-0.1, -0.05) is 0 Å². The number of amides is 1. The zero-order valence-corrected chi connectivity index (χ0v) is 10.4. The summed E-state index contributed by atoms with van der Waals surface area (Å²) in [6, 6.07) is 1.03. The molecule has 0 unspecified atom stereocenters. The van der Waals surface area contributed by atoms with E-state index < -0.39 is 0 Å². The number of nitrogens with one attached hydrogen (secondary N) is 2. The summed E-state index contributed by atoms with van der Waals surface area (Å²) in [6.07, 6.45) is 5.93. The first-order chi connectivity index (χ1) is 7.76. The Morgan fingerprint density at radius 3 is 2.44 bits per heavy atom. The Labute approximate surface area is 98.1 Å². The summed E-state index contributed by atoms with van der Waals surface area (Å²) >= 11 is 0. The van der Waals surface area contributed by atoms with Crippen LogP contribution in [-0.4, -0.2) is 38.8 Å². The SMILES string of the molecule is CNC1CCC(NC(=O)CCCOC)CC1. The van der Waals surface area contributed by atoms with Crippen molar-refractivity contribution >= 4 is 5.91 Å². The summed E-state index contributed by atoms with van der Waals surface area (Å²) in [4.78, 5) is 11.6. The van der Waals surface area contributed by atoms with E-state index in [9.17, 15) is 4.79 Å². The molecule has 1 aliphatic rings. The van der Waals surface area contributed by atoms with Gasteiger partial charge in [0, 0.05) is 32.2 Å². The second-order valence-corrected chi connectivity index (χ2v) is 4.50. The maximum atomic E-state index is 11.6. The second kappa shape index (κ2) is 7.63. The lowest BCUT2D eigenvalue weighted by atomic mass is 9.91. The van der Waals surface area contributed by atoms with Gasteiger partial charge >= 0.3 is 0 Å². The van der Waals surface area contributed by atoms with E-state index in [1.807, 2.05) is 7.05 Å². The Balaban J connectivity index is 2.10. The van der Waals surface area contributed by atoms with Gasteiger partial charge in [0.1, 0.15) is 0 Å². The largest absolute Gasteiger partial charge is 0.385 e. The normalized spacial score (nSPS) is 25.4.